The summed E-state index contributed by atoms with van der Waals surface area (Å²) >= 11 is 0. The molecule has 0 aromatic carbocycles. The van der Waals surface area contributed by atoms with Gasteiger partial charge in [0.15, 0.2) is 0 Å². The lowest BCUT2D eigenvalue weighted by molar-refractivity contribution is 0.667. The Balaban J connectivity index is 2.60. The summed E-state index contributed by atoms with van der Waals surface area (Å²) in [6.07, 6.45) is 7.14. The quantitative estimate of drug-likeness (QED) is 0.542. The van der Waals surface area contributed by atoms with Crippen LogP contribution in [-0.2, 0) is 0 Å². The van der Waals surface area contributed by atoms with Gasteiger partial charge < -0.3 is 0 Å². The maximum absolute atomic E-state index is 2.39. The maximum Gasteiger partial charge on any atom is -0.0103 e. The molecular weight excluding hydrogens is 144 g/mol. The van der Waals surface area contributed by atoms with Crippen LogP contribution in [0.25, 0.3) is 0 Å². The van der Waals surface area contributed by atoms with Gasteiger partial charge in [0, 0.05) is 0 Å². The first kappa shape index (κ1) is 9.57. The van der Waals surface area contributed by atoms with Gasteiger partial charge in [-0.2, -0.15) is 0 Å². The van der Waals surface area contributed by atoms with E-state index < -0.39 is 0 Å². The standard InChI is InChI=1S/C12H20/c1-9(2)11-6-5-7-12(8-11)10(3)4/h6-7,9-10H,5,8H2,1-4H3. The molecule has 12 heavy (non-hydrogen) atoms. The van der Waals surface area contributed by atoms with Crippen molar-refractivity contribution >= 4 is 0 Å². The molecule has 0 fully saturated rings. The Morgan fingerprint density at radius 3 is 1.67 bits per heavy atom. The van der Waals surface area contributed by atoms with Gasteiger partial charge in [0.25, 0.3) is 0 Å². The molecule has 0 unspecified atom stereocenters. The average Bonchev–Trinajstić information content (AvgIpc) is 2.04. The summed E-state index contributed by atoms with van der Waals surface area (Å²) in [4.78, 5) is 0. The number of rotatable bonds is 2. The van der Waals surface area contributed by atoms with Crippen molar-refractivity contribution in [1.82, 2.24) is 0 Å². The van der Waals surface area contributed by atoms with E-state index in [0.29, 0.717) is 0 Å². The second-order valence-corrected chi connectivity index (χ2v) is 4.28. The van der Waals surface area contributed by atoms with E-state index >= 15 is 0 Å². The van der Waals surface area contributed by atoms with Gasteiger partial charge in [-0.25, -0.2) is 0 Å². The Kier molecular flexibility index (Phi) is 3.13. The van der Waals surface area contributed by atoms with Crippen LogP contribution in [0.2, 0.25) is 0 Å². The third-order valence-corrected chi connectivity index (χ3v) is 2.65. The van der Waals surface area contributed by atoms with Gasteiger partial charge in [0.05, 0.1) is 0 Å². The van der Waals surface area contributed by atoms with E-state index in [4.69, 9.17) is 0 Å². The van der Waals surface area contributed by atoms with Crippen LogP contribution >= 0.6 is 0 Å². The first-order valence-corrected chi connectivity index (χ1v) is 4.99. The Labute approximate surface area is 76.4 Å². The zero-order valence-electron chi connectivity index (χ0n) is 8.72. The van der Waals surface area contributed by atoms with Crippen LogP contribution in [0, 0.1) is 11.8 Å². The Bertz CT molecular complexity index is 182. The molecule has 0 bridgehead atoms. The highest BCUT2D eigenvalue weighted by molar-refractivity contribution is 5.24. The Hall–Kier alpha value is -0.520. The molecule has 0 nitrogen and oxygen atoms in total. The zero-order valence-corrected chi connectivity index (χ0v) is 8.72. The molecule has 0 aromatic rings. The topological polar surface area (TPSA) is 0 Å². The third-order valence-electron chi connectivity index (χ3n) is 2.65. The zero-order chi connectivity index (χ0) is 9.14. The second kappa shape index (κ2) is 3.93. The third kappa shape index (κ3) is 2.23. The lowest BCUT2D eigenvalue weighted by Gasteiger charge is -2.20. The van der Waals surface area contributed by atoms with Crippen LogP contribution in [-0.4, -0.2) is 0 Å². The SMILES string of the molecule is CC(C)C1=CCC=C(C(C)C)C1. The van der Waals surface area contributed by atoms with Crippen molar-refractivity contribution in [3.05, 3.63) is 23.3 Å². The van der Waals surface area contributed by atoms with Crippen molar-refractivity contribution in [2.45, 2.75) is 40.5 Å². The van der Waals surface area contributed by atoms with E-state index in [-0.39, 0.29) is 0 Å². The van der Waals surface area contributed by atoms with Crippen molar-refractivity contribution in [3.63, 3.8) is 0 Å². The minimum Gasteiger partial charge on any atom is -0.0810 e. The Morgan fingerprint density at radius 2 is 1.33 bits per heavy atom. The summed E-state index contributed by atoms with van der Waals surface area (Å²) in [5.74, 6) is 1.46. The molecule has 1 rings (SSSR count). The van der Waals surface area contributed by atoms with Crippen molar-refractivity contribution in [3.8, 4) is 0 Å². The average molecular weight is 164 g/mol. The summed E-state index contributed by atoms with van der Waals surface area (Å²) in [5.41, 5.74) is 3.25. The van der Waals surface area contributed by atoms with Crippen molar-refractivity contribution in [2.24, 2.45) is 11.8 Å². The minimum absolute atomic E-state index is 0.729. The fraction of sp³-hybridized carbons (Fsp3) is 0.667. The van der Waals surface area contributed by atoms with E-state index in [0.717, 1.165) is 18.3 Å². The molecule has 0 radical (unpaired) electrons. The molecule has 0 saturated carbocycles. The van der Waals surface area contributed by atoms with Crippen LogP contribution < -0.4 is 0 Å². The molecule has 0 heteroatoms. The summed E-state index contributed by atoms with van der Waals surface area (Å²) < 4.78 is 0. The van der Waals surface area contributed by atoms with Crippen LogP contribution in [0.5, 0.6) is 0 Å². The van der Waals surface area contributed by atoms with E-state index in [9.17, 15) is 0 Å². The monoisotopic (exact) mass is 164 g/mol. The fourth-order valence-corrected chi connectivity index (χ4v) is 1.62. The summed E-state index contributed by atoms with van der Waals surface area (Å²) in [6.45, 7) is 9.15. The normalized spacial score (nSPS) is 18.2. The predicted molar refractivity (Wildman–Crippen MR) is 55.1 cm³/mol. The van der Waals surface area contributed by atoms with Gasteiger partial charge >= 0.3 is 0 Å². The van der Waals surface area contributed by atoms with Gasteiger partial charge in [-0.15, -0.1) is 0 Å². The van der Waals surface area contributed by atoms with Crippen molar-refractivity contribution in [1.29, 1.82) is 0 Å². The predicted octanol–water partition coefficient (Wildman–Crippen LogP) is 3.95. The molecule has 0 spiro atoms. The fourth-order valence-electron chi connectivity index (χ4n) is 1.62. The summed E-state index contributed by atoms with van der Waals surface area (Å²) in [5, 5.41) is 0. The largest absolute Gasteiger partial charge is 0.0810 e. The summed E-state index contributed by atoms with van der Waals surface area (Å²) in [7, 11) is 0. The van der Waals surface area contributed by atoms with E-state index in [1.165, 1.54) is 6.42 Å². The van der Waals surface area contributed by atoms with E-state index in [1.807, 2.05) is 0 Å². The van der Waals surface area contributed by atoms with Gasteiger partial charge in [0.1, 0.15) is 0 Å². The molecule has 0 saturated heterocycles. The molecule has 68 valence electrons. The van der Waals surface area contributed by atoms with Gasteiger partial charge in [-0.05, 0) is 24.7 Å². The smallest absolute Gasteiger partial charge is 0.0103 e. The van der Waals surface area contributed by atoms with Crippen LogP contribution in [0.4, 0.5) is 0 Å². The molecule has 0 atom stereocenters. The summed E-state index contributed by atoms with van der Waals surface area (Å²) in [6, 6.07) is 0. The van der Waals surface area contributed by atoms with Crippen molar-refractivity contribution < 1.29 is 0 Å². The highest BCUT2D eigenvalue weighted by atomic mass is 14.2. The van der Waals surface area contributed by atoms with Crippen molar-refractivity contribution in [2.75, 3.05) is 0 Å². The first-order chi connectivity index (χ1) is 5.61. The molecule has 0 aliphatic heterocycles. The lowest BCUT2D eigenvalue weighted by atomic mass is 9.86. The molecular formula is C12H20. The molecule has 0 N–H and O–H groups in total. The molecule has 0 aromatic heterocycles. The van der Waals surface area contributed by atoms with Gasteiger partial charge in [0.2, 0.25) is 0 Å². The van der Waals surface area contributed by atoms with Crippen LogP contribution in [0.1, 0.15) is 40.5 Å². The van der Waals surface area contributed by atoms with E-state index in [2.05, 4.69) is 39.8 Å². The number of allylic oxidation sites excluding steroid dienone is 4. The molecule has 1 aliphatic rings. The molecule has 0 heterocycles. The van der Waals surface area contributed by atoms with Crippen LogP contribution in [0.3, 0.4) is 0 Å². The first-order valence-electron chi connectivity index (χ1n) is 4.99. The number of hydrogen-bond donors (Lipinski definition) is 0. The highest BCUT2D eigenvalue weighted by Gasteiger charge is 2.11. The maximum atomic E-state index is 2.39. The van der Waals surface area contributed by atoms with Gasteiger partial charge in [-0.3, -0.25) is 0 Å². The second-order valence-electron chi connectivity index (χ2n) is 4.28. The highest BCUT2D eigenvalue weighted by Crippen LogP contribution is 2.28. The number of hydrogen-bond acceptors (Lipinski definition) is 0. The van der Waals surface area contributed by atoms with Crippen LogP contribution in [0.15, 0.2) is 23.3 Å². The lowest BCUT2D eigenvalue weighted by Crippen LogP contribution is -2.04. The Morgan fingerprint density at radius 1 is 0.917 bits per heavy atom. The molecule has 1 aliphatic carbocycles. The minimum atomic E-state index is 0.729. The van der Waals surface area contributed by atoms with Gasteiger partial charge in [-0.1, -0.05) is 51.0 Å². The van der Waals surface area contributed by atoms with E-state index in [1.54, 1.807) is 11.1 Å². The molecule has 0 amide bonds.